The fourth-order valence-electron chi connectivity index (χ4n) is 3.18. The summed E-state index contributed by atoms with van der Waals surface area (Å²) in [5.41, 5.74) is 2.76. The van der Waals surface area contributed by atoms with Gasteiger partial charge in [-0.05, 0) is 32.9 Å². The van der Waals surface area contributed by atoms with Crippen molar-refractivity contribution in [3.63, 3.8) is 0 Å². The van der Waals surface area contributed by atoms with Crippen molar-refractivity contribution < 1.29 is 0 Å². The van der Waals surface area contributed by atoms with Gasteiger partial charge in [0.05, 0.1) is 5.69 Å². The van der Waals surface area contributed by atoms with Crippen LogP contribution in [-0.2, 0) is 19.5 Å². The molecule has 2 aliphatic heterocycles. The first-order valence-electron chi connectivity index (χ1n) is 6.68. The number of aromatic nitrogens is 2. The lowest BCUT2D eigenvalue weighted by atomic mass is 10.1. The fourth-order valence-corrected chi connectivity index (χ4v) is 3.18. The second-order valence-corrected chi connectivity index (χ2v) is 5.51. The highest BCUT2D eigenvalue weighted by Gasteiger charge is 2.23. The first-order chi connectivity index (χ1) is 8.24. The summed E-state index contributed by atoms with van der Waals surface area (Å²) in [6, 6.07) is 0. The van der Waals surface area contributed by atoms with Crippen molar-refractivity contribution in [2.45, 2.75) is 32.9 Å². The Morgan fingerprint density at radius 3 is 3.12 bits per heavy atom. The van der Waals surface area contributed by atoms with E-state index in [0.717, 1.165) is 25.4 Å². The third-order valence-electron chi connectivity index (χ3n) is 4.11. The average Bonchev–Trinajstić information content (AvgIpc) is 2.85. The minimum Gasteiger partial charge on any atom is -0.332 e. The van der Waals surface area contributed by atoms with E-state index in [1.54, 1.807) is 0 Å². The first-order valence-corrected chi connectivity index (χ1v) is 6.68. The molecule has 4 heteroatoms. The summed E-state index contributed by atoms with van der Waals surface area (Å²) in [6.07, 6.45) is 2.47. The van der Waals surface area contributed by atoms with Crippen LogP contribution >= 0.6 is 0 Å². The average molecular weight is 234 g/mol. The molecule has 4 nitrogen and oxygen atoms in total. The summed E-state index contributed by atoms with van der Waals surface area (Å²) in [6.45, 7) is 7.86. The van der Waals surface area contributed by atoms with Crippen molar-refractivity contribution in [3.05, 3.63) is 17.2 Å². The monoisotopic (exact) mass is 234 g/mol. The molecule has 1 unspecified atom stereocenters. The van der Waals surface area contributed by atoms with E-state index in [2.05, 4.69) is 28.8 Å². The molecule has 0 aliphatic carbocycles. The molecule has 0 radical (unpaired) electrons. The molecular formula is C13H22N4. The quantitative estimate of drug-likeness (QED) is 0.821. The molecule has 2 aliphatic rings. The van der Waals surface area contributed by atoms with Crippen molar-refractivity contribution >= 4 is 0 Å². The molecule has 0 amide bonds. The minimum atomic E-state index is 0.812. The summed E-state index contributed by atoms with van der Waals surface area (Å²) in [5, 5.41) is 3.40. The van der Waals surface area contributed by atoms with Gasteiger partial charge in [-0.15, -0.1) is 0 Å². The van der Waals surface area contributed by atoms with Gasteiger partial charge < -0.3 is 14.8 Å². The van der Waals surface area contributed by atoms with Gasteiger partial charge in [-0.3, -0.25) is 0 Å². The van der Waals surface area contributed by atoms with Crippen molar-refractivity contribution in [1.82, 2.24) is 19.8 Å². The Kier molecular flexibility index (Phi) is 2.92. The molecule has 94 valence electrons. The number of nitrogens with zero attached hydrogens (tertiary/aromatic N) is 3. The topological polar surface area (TPSA) is 33.1 Å². The van der Waals surface area contributed by atoms with E-state index in [9.17, 15) is 0 Å². The molecule has 1 aromatic rings. The highest BCUT2D eigenvalue weighted by atomic mass is 15.2. The molecule has 3 heterocycles. The summed E-state index contributed by atoms with van der Waals surface area (Å²) >= 11 is 0. The zero-order valence-corrected chi connectivity index (χ0v) is 10.9. The van der Waals surface area contributed by atoms with E-state index in [4.69, 9.17) is 4.98 Å². The summed E-state index contributed by atoms with van der Waals surface area (Å²) < 4.78 is 2.47. The molecular weight excluding hydrogens is 212 g/mol. The maximum absolute atomic E-state index is 4.70. The molecule has 0 spiro atoms. The molecule has 1 saturated heterocycles. The summed E-state index contributed by atoms with van der Waals surface area (Å²) in [5.74, 6) is 2.01. The molecule has 1 atom stereocenters. The predicted octanol–water partition coefficient (Wildman–Crippen LogP) is 0.789. The van der Waals surface area contributed by atoms with Crippen LogP contribution in [0.3, 0.4) is 0 Å². The van der Waals surface area contributed by atoms with Gasteiger partial charge in [0.15, 0.2) is 0 Å². The van der Waals surface area contributed by atoms with Crippen LogP contribution in [0.15, 0.2) is 0 Å². The Morgan fingerprint density at radius 1 is 1.47 bits per heavy atom. The molecule has 0 bridgehead atoms. The van der Waals surface area contributed by atoms with E-state index in [-0.39, 0.29) is 0 Å². The Labute approximate surface area is 103 Å². The molecule has 1 N–H and O–H groups in total. The van der Waals surface area contributed by atoms with E-state index in [1.807, 2.05) is 0 Å². The zero-order valence-electron chi connectivity index (χ0n) is 10.9. The number of hydrogen-bond acceptors (Lipinski definition) is 3. The Balaban J connectivity index is 1.80. The van der Waals surface area contributed by atoms with Crippen LogP contribution in [0.1, 0.15) is 23.6 Å². The lowest BCUT2D eigenvalue weighted by Crippen LogP contribution is -2.26. The van der Waals surface area contributed by atoms with Gasteiger partial charge >= 0.3 is 0 Å². The number of imidazole rings is 1. The van der Waals surface area contributed by atoms with E-state index >= 15 is 0 Å². The second-order valence-electron chi connectivity index (χ2n) is 5.51. The predicted molar refractivity (Wildman–Crippen MR) is 68.0 cm³/mol. The third-order valence-corrected chi connectivity index (χ3v) is 4.11. The van der Waals surface area contributed by atoms with Crippen molar-refractivity contribution in [2.75, 3.05) is 26.7 Å². The van der Waals surface area contributed by atoms with Gasteiger partial charge in [-0.1, -0.05) is 0 Å². The van der Waals surface area contributed by atoms with Crippen LogP contribution in [0.4, 0.5) is 0 Å². The van der Waals surface area contributed by atoms with Gasteiger partial charge in [0.2, 0.25) is 0 Å². The highest BCUT2D eigenvalue weighted by Crippen LogP contribution is 2.21. The lowest BCUT2D eigenvalue weighted by molar-refractivity contribution is 0.373. The van der Waals surface area contributed by atoms with Gasteiger partial charge in [0.25, 0.3) is 0 Å². The van der Waals surface area contributed by atoms with Crippen LogP contribution in [-0.4, -0.2) is 41.1 Å². The minimum absolute atomic E-state index is 0.812. The Bertz CT molecular complexity index is 410. The van der Waals surface area contributed by atoms with Crippen LogP contribution in [0, 0.1) is 12.8 Å². The SMILES string of the molecule is Cc1nc2c(n1CC1CCN(C)C1)CCNC2. The molecule has 17 heavy (non-hydrogen) atoms. The molecule has 0 saturated carbocycles. The Hall–Kier alpha value is -0.870. The molecule has 0 aromatic carbocycles. The molecule has 1 aromatic heterocycles. The lowest BCUT2D eigenvalue weighted by Gasteiger charge is -2.18. The smallest absolute Gasteiger partial charge is 0.106 e. The second kappa shape index (κ2) is 4.42. The molecule has 3 rings (SSSR count). The van der Waals surface area contributed by atoms with Crippen molar-refractivity contribution in [3.8, 4) is 0 Å². The number of likely N-dealkylation sites (tertiary alicyclic amines) is 1. The Morgan fingerprint density at radius 2 is 2.35 bits per heavy atom. The third kappa shape index (κ3) is 2.11. The van der Waals surface area contributed by atoms with Crippen LogP contribution < -0.4 is 5.32 Å². The summed E-state index contributed by atoms with van der Waals surface area (Å²) in [4.78, 5) is 7.13. The van der Waals surface area contributed by atoms with Crippen molar-refractivity contribution in [2.24, 2.45) is 5.92 Å². The maximum Gasteiger partial charge on any atom is 0.106 e. The van der Waals surface area contributed by atoms with Gasteiger partial charge in [-0.2, -0.15) is 0 Å². The van der Waals surface area contributed by atoms with Crippen molar-refractivity contribution in [1.29, 1.82) is 0 Å². The number of rotatable bonds is 2. The number of fused-ring (bicyclic) bond motifs is 1. The largest absolute Gasteiger partial charge is 0.332 e. The number of aryl methyl sites for hydroxylation is 1. The van der Waals surface area contributed by atoms with Gasteiger partial charge in [0, 0.05) is 38.3 Å². The standard InChI is InChI=1S/C13H22N4/c1-10-15-12-7-14-5-3-13(12)17(10)9-11-4-6-16(2)8-11/h11,14H,3-9H2,1-2H3. The number of nitrogens with one attached hydrogen (secondary N) is 1. The van der Waals surface area contributed by atoms with E-state index < -0.39 is 0 Å². The van der Waals surface area contributed by atoms with Gasteiger partial charge in [0.1, 0.15) is 5.82 Å². The van der Waals surface area contributed by atoms with E-state index in [0.29, 0.717) is 0 Å². The fraction of sp³-hybridized carbons (Fsp3) is 0.769. The maximum atomic E-state index is 4.70. The first kappa shape index (κ1) is 11.2. The van der Waals surface area contributed by atoms with Crippen LogP contribution in [0.5, 0.6) is 0 Å². The highest BCUT2D eigenvalue weighted by molar-refractivity contribution is 5.20. The van der Waals surface area contributed by atoms with Crippen LogP contribution in [0.2, 0.25) is 0 Å². The van der Waals surface area contributed by atoms with Gasteiger partial charge in [-0.25, -0.2) is 4.98 Å². The molecule has 1 fully saturated rings. The van der Waals surface area contributed by atoms with E-state index in [1.165, 1.54) is 43.3 Å². The number of hydrogen-bond donors (Lipinski definition) is 1. The normalized spacial score (nSPS) is 25.2. The van der Waals surface area contributed by atoms with Crippen LogP contribution in [0.25, 0.3) is 0 Å². The summed E-state index contributed by atoms with van der Waals surface area (Å²) in [7, 11) is 2.22. The zero-order chi connectivity index (χ0) is 11.8.